The zero-order valence-electron chi connectivity index (χ0n) is 6.52. The second kappa shape index (κ2) is 4.19. The second-order valence-electron chi connectivity index (χ2n) is 2.16. The van der Waals surface area contributed by atoms with Gasteiger partial charge in [0.25, 0.3) is 6.43 Å². The number of aromatic nitrogens is 1. The molecule has 6 heteroatoms. The highest BCUT2D eigenvalue weighted by atomic mass is 79.9. The van der Waals surface area contributed by atoms with Crippen molar-refractivity contribution in [2.24, 2.45) is 0 Å². The monoisotopic (exact) mass is 271 g/mol. The summed E-state index contributed by atoms with van der Waals surface area (Å²) in [6, 6.07) is 1.18. The van der Waals surface area contributed by atoms with E-state index in [2.05, 4.69) is 20.9 Å². The Kier molecular flexibility index (Phi) is 3.44. The lowest BCUT2D eigenvalue weighted by molar-refractivity contribution is 0.147. The average molecular weight is 272 g/mol. The van der Waals surface area contributed by atoms with Gasteiger partial charge in [-0.3, -0.25) is 0 Å². The smallest absolute Gasteiger partial charge is 0.267 e. The van der Waals surface area contributed by atoms with Crippen LogP contribution in [-0.4, -0.2) is 12.1 Å². The van der Waals surface area contributed by atoms with E-state index in [-0.39, 0.29) is 21.1 Å². The SMILES string of the molecule is COc1c(C(F)F)cc(Br)nc1Cl. The molecule has 0 aliphatic heterocycles. The fraction of sp³-hybridized carbons (Fsp3) is 0.286. The minimum Gasteiger partial charge on any atom is -0.493 e. The molecule has 0 spiro atoms. The van der Waals surface area contributed by atoms with Crippen LogP contribution in [0.5, 0.6) is 5.75 Å². The van der Waals surface area contributed by atoms with Gasteiger partial charge in [-0.05, 0) is 22.0 Å². The summed E-state index contributed by atoms with van der Waals surface area (Å²) in [5.41, 5.74) is -0.269. The first-order valence-electron chi connectivity index (χ1n) is 3.24. The van der Waals surface area contributed by atoms with Crippen molar-refractivity contribution in [2.75, 3.05) is 7.11 Å². The van der Waals surface area contributed by atoms with E-state index in [0.29, 0.717) is 0 Å². The first-order valence-corrected chi connectivity index (χ1v) is 4.41. The lowest BCUT2D eigenvalue weighted by atomic mass is 10.2. The highest BCUT2D eigenvalue weighted by Crippen LogP contribution is 2.35. The van der Waals surface area contributed by atoms with Crippen molar-refractivity contribution >= 4 is 27.5 Å². The van der Waals surface area contributed by atoms with Crippen LogP contribution < -0.4 is 4.74 Å². The Balaban J connectivity index is 3.29. The fourth-order valence-electron chi connectivity index (χ4n) is 0.854. The molecule has 0 atom stereocenters. The molecular formula is C7H5BrClF2NO. The van der Waals surface area contributed by atoms with E-state index in [9.17, 15) is 8.78 Å². The van der Waals surface area contributed by atoms with Crippen LogP contribution in [0, 0.1) is 0 Å². The molecule has 0 saturated carbocycles. The molecule has 13 heavy (non-hydrogen) atoms. The van der Waals surface area contributed by atoms with Crippen molar-refractivity contribution in [3.63, 3.8) is 0 Å². The van der Waals surface area contributed by atoms with Gasteiger partial charge < -0.3 is 4.74 Å². The van der Waals surface area contributed by atoms with Crippen molar-refractivity contribution in [1.29, 1.82) is 0 Å². The Bertz CT molecular complexity index is 322. The van der Waals surface area contributed by atoms with Gasteiger partial charge in [0.1, 0.15) is 4.60 Å². The summed E-state index contributed by atoms with van der Waals surface area (Å²) >= 11 is 8.54. The predicted molar refractivity (Wildman–Crippen MR) is 48.5 cm³/mol. The molecule has 0 fully saturated rings. The van der Waals surface area contributed by atoms with Crippen LogP contribution >= 0.6 is 27.5 Å². The van der Waals surface area contributed by atoms with Gasteiger partial charge in [0, 0.05) is 0 Å². The van der Waals surface area contributed by atoms with E-state index in [4.69, 9.17) is 16.3 Å². The van der Waals surface area contributed by atoms with Crippen molar-refractivity contribution in [3.8, 4) is 5.75 Å². The standard InChI is InChI=1S/C7H5BrClF2NO/c1-13-5-3(7(10)11)2-4(8)12-6(5)9/h2,7H,1H3. The maximum atomic E-state index is 12.4. The second-order valence-corrected chi connectivity index (χ2v) is 3.33. The van der Waals surface area contributed by atoms with Gasteiger partial charge in [-0.2, -0.15) is 0 Å². The van der Waals surface area contributed by atoms with Gasteiger partial charge in [-0.1, -0.05) is 11.6 Å². The minimum absolute atomic E-state index is 0.0767. The number of rotatable bonds is 2. The zero-order chi connectivity index (χ0) is 10.0. The fourth-order valence-corrected chi connectivity index (χ4v) is 1.66. The van der Waals surface area contributed by atoms with E-state index < -0.39 is 6.43 Å². The molecule has 0 saturated heterocycles. The summed E-state index contributed by atoms with van der Waals surface area (Å²) in [7, 11) is 1.27. The summed E-state index contributed by atoms with van der Waals surface area (Å²) in [6.07, 6.45) is -2.63. The van der Waals surface area contributed by atoms with Crippen LogP contribution in [0.1, 0.15) is 12.0 Å². The van der Waals surface area contributed by atoms with Crippen LogP contribution in [-0.2, 0) is 0 Å². The number of methoxy groups -OCH3 is 1. The van der Waals surface area contributed by atoms with Crippen LogP contribution in [0.2, 0.25) is 5.15 Å². The molecule has 0 radical (unpaired) electrons. The number of hydrogen-bond donors (Lipinski definition) is 0. The number of hydrogen-bond acceptors (Lipinski definition) is 2. The molecule has 0 unspecified atom stereocenters. The molecule has 1 rings (SSSR count). The van der Waals surface area contributed by atoms with E-state index >= 15 is 0 Å². The van der Waals surface area contributed by atoms with Crippen LogP contribution in [0.25, 0.3) is 0 Å². The lowest BCUT2D eigenvalue weighted by Crippen LogP contribution is -1.95. The molecule has 0 aliphatic carbocycles. The van der Waals surface area contributed by atoms with Gasteiger partial charge in [0.15, 0.2) is 10.9 Å². The zero-order valence-corrected chi connectivity index (χ0v) is 8.86. The number of nitrogens with zero attached hydrogens (tertiary/aromatic N) is 1. The molecule has 0 aromatic carbocycles. The summed E-state index contributed by atoms with van der Waals surface area (Å²) < 4.78 is 29.7. The quantitative estimate of drug-likeness (QED) is 0.769. The normalized spacial score (nSPS) is 10.6. The minimum atomic E-state index is -2.63. The third-order valence-corrected chi connectivity index (χ3v) is 2.03. The molecule has 0 amide bonds. The Morgan fingerprint density at radius 1 is 1.62 bits per heavy atom. The van der Waals surface area contributed by atoms with Gasteiger partial charge in [0.2, 0.25) is 0 Å². The first kappa shape index (κ1) is 10.7. The maximum absolute atomic E-state index is 12.4. The summed E-state index contributed by atoms with van der Waals surface area (Å²) in [5.74, 6) is -0.0835. The molecule has 2 nitrogen and oxygen atoms in total. The molecule has 1 aromatic rings. The van der Waals surface area contributed by atoms with E-state index in [1.54, 1.807) is 0 Å². The molecule has 0 bridgehead atoms. The van der Waals surface area contributed by atoms with Crippen molar-refractivity contribution in [2.45, 2.75) is 6.43 Å². The Morgan fingerprint density at radius 3 is 2.69 bits per heavy atom. The highest BCUT2D eigenvalue weighted by molar-refractivity contribution is 9.10. The van der Waals surface area contributed by atoms with Gasteiger partial charge in [-0.15, -0.1) is 0 Å². The van der Waals surface area contributed by atoms with E-state index in [0.717, 1.165) is 0 Å². The van der Waals surface area contributed by atoms with Crippen LogP contribution in [0.3, 0.4) is 0 Å². The van der Waals surface area contributed by atoms with Gasteiger partial charge >= 0.3 is 0 Å². The summed E-state index contributed by atoms with van der Waals surface area (Å²) in [5, 5.41) is -0.0767. The summed E-state index contributed by atoms with van der Waals surface area (Å²) in [6.45, 7) is 0. The lowest BCUT2D eigenvalue weighted by Gasteiger charge is -2.08. The molecule has 0 N–H and O–H groups in total. The molecule has 0 aliphatic rings. The number of alkyl halides is 2. The van der Waals surface area contributed by atoms with Gasteiger partial charge in [0.05, 0.1) is 12.7 Å². The number of ether oxygens (including phenoxy) is 1. The Labute approximate surface area is 87.0 Å². The Morgan fingerprint density at radius 2 is 2.23 bits per heavy atom. The van der Waals surface area contributed by atoms with Crippen molar-refractivity contribution in [1.82, 2.24) is 4.98 Å². The largest absolute Gasteiger partial charge is 0.493 e. The van der Waals surface area contributed by atoms with Crippen LogP contribution in [0.15, 0.2) is 10.7 Å². The number of halogens is 4. The van der Waals surface area contributed by atoms with Crippen molar-refractivity contribution in [3.05, 3.63) is 21.4 Å². The third-order valence-electron chi connectivity index (χ3n) is 1.37. The number of pyridine rings is 1. The summed E-state index contributed by atoms with van der Waals surface area (Å²) in [4.78, 5) is 3.71. The average Bonchev–Trinajstić information content (AvgIpc) is 2.02. The van der Waals surface area contributed by atoms with E-state index in [1.165, 1.54) is 13.2 Å². The predicted octanol–water partition coefficient (Wildman–Crippen LogP) is 3.44. The highest BCUT2D eigenvalue weighted by Gasteiger charge is 2.18. The molecule has 72 valence electrons. The third kappa shape index (κ3) is 2.28. The topological polar surface area (TPSA) is 22.1 Å². The van der Waals surface area contributed by atoms with Crippen molar-refractivity contribution < 1.29 is 13.5 Å². The molecular weight excluding hydrogens is 267 g/mol. The Hall–Kier alpha value is -0.420. The van der Waals surface area contributed by atoms with E-state index in [1.807, 2.05) is 0 Å². The van der Waals surface area contributed by atoms with Crippen LogP contribution in [0.4, 0.5) is 8.78 Å². The molecule has 1 aromatic heterocycles. The molecule has 1 heterocycles. The first-order chi connectivity index (χ1) is 6.06. The van der Waals surface area contributed by atoms with Gasteiger partial charge in [-0.25, -0.2) is 13.8 Å². The maximum Gasteiger partial charge on any atom is 0.267 e.